The second-order valence-corrected chi connectivity index (χ2v) is 4.03. The number of alkyl halides is 1. The molecule has 0 amide bonds. The summed E-state index contributed by atoms with van der Waals surface area (Å²) < 4.78 is 14.0. The minimum atomic E-state index is -0.316. The van der Waals surface area contributed by atoms with E-state index in [-0.39, 0.29) is 12.7 Å². The number of piperidine rings is 1. The van der Waals surface area contributed by atoms with Crippen LogP contribution in [-0.4, -0.2) is 52.5 Å². The first kappa shape index (κ1) is 11.2. The highest BCUT2D eigenvalue weighted by Gasteiger charge is 2.21. The molecule has 5 nitrogen and oxygen atoms in total. The first-order chi connectivity index (χ1) is 7.83. The Bertz CT molecular complexity index is 352. The molecule has 0 N–H and O–H groups in total. The lowest BCUT2D eigenvalue weighted by molar-refractivity contribution is 0.111. The smallest absolute Gasteiger partial charge is 0.171 e. The quantitative estimate of drug-likeness (QED) is 0.709. The van der Waals surface area contributed by atoms with Crippen molar-refractivity contribution in [1.82, 2.24) is 19.9 Å². The van der Waals surface area contributed by atoms with Crippen LogP contribution in [0.2, 0.25) is 0 Å². The number of carbonyl (C=O) groups is 1. The number of nitrogens with zero attached hydrogens (tertiary/aromatic N) is 4. The molecule has 1 aliphatic heterocycles. The van der Waals surface area contributed by atoms with Crippen molar-refractivity contribution in [3.8, 4) is 0 Å². The molecule has 1 aromatic rings. The molecule has 1 saturated heterocycles. The van der Waals surface area contributed by atoms with E-state index >= 15 is 0 Å². The van der Waals surface area contributed by atoms with Gasteiger partial charge >= 0.3 is 0 Å². The van der Waals surface area contributed by atoms with E-state index in [1.54, 1.807) is 10.9 Å². The van der Waals surface area contributed by atoms with Crippen LogP contribution in [0, 0.1) is 0 Å². The van der Waals surface area contributed by atoms with Crippen molar-refractivity contribution in [1.29, 1.82) is 0 Å². The summed E-state index contributed by atoms with van der Waals surface area (Å²) in [6.07, 6.45) is 4.37. The van der Waals surface area contributed by atoms with E-state index < -0.39 is 0 Å². The number of halogens is 1. The number of likely N-dealkylation sites (tertiary alicyclic amines) is 1. The molecule has 0 bridgehead atoms. The molecule has 16 heavy (non-hydrogen) atoms. The SMILES string of the molecule is O=Cc1cn([C@H]2CCCN(CCF)C2)nn1. The van der Waals surface area contributed by atoms with Gasteiger partial charge in [0.15, 0.2) is 6.29 Å². The standard InChI is InChI=1S/C10H15FN4O/c11-3-5-14-4-1-2-10(7-14)15-6-9(8-16)12-13-15/h6,8,10H,1-5,7H2/t10-/m0/s1. The highest BCUT2D eigenvalue weighted by atomic mass is 19.1. The van der Waals surface area contributed by atoms with E-state index in [2.05, 4.69) is 15.2 Å². The Morgan fingerprint density at radius 2 is 2.50 bits per heavy atom. The Kier molecular flexibility index (Phi) is 3.61. The number of carbonyl (C=O) groups excluding carboxylic acids is 1. The summed E-state index contributed by atoms with van der Waals surface area (Å²) in [6, 6.07) is 0.210. The van der Waals surface area contributed by atoms with E-state index in [9.17, 15) is 9.18 Å². The van der Waals surface area contributed by atoms with Gasteiger partial charge in [-0.15, -0.1) is 5.10 Å². The van der Waals surface area contributed by atoms with Gasteiger partial charge in [0.1, 0.15) is 12.4 Å². The van der Waals surface area contributed by atoms with Crippen molar-refractivity contribution in [2.75, 3.05) is 26.3 Å². The van der Waals surface area contributed by atoms with Crippen LogP contribution in [0.4, 0.5) is 4.39 Å². The lowest BCUT2D eigenvalue weighted by Crippen LogP contribution is -2.37. The van der Waals surface area contributed by atoms with Crippen molar-refractivity contribution in [2.24, 2.45) is 0 Å². The molecule has 0 saturated carbocycles. The molecule has 6 heteroatoms. The van der Waals surface area contributed by atoms with Gasteiger partial charge in [0.05, 0.1) is 12.2 Å². The van der Waals surface area contributed by atoms with E-state index in [4.69, 9.17) is 0 Å². The molecular weight excluding hydrogens is 211 g/mol. The van der Waals surface area contributed by atoms with Gasteiger partial charge in [-0.2, -0.15) is 0 Å². The normalized spacial score (nSPS) is 22.2. The summed E-state index contributed by atoms with van der Waals surface area (Å²) in [5.41, 5.74) is 0.350. The van der Waals surface area contributed by atoms with E-state index in [0.29, 0.717) is 18.5 Å². The van der Waals surface area contributed by atoms with E-state index in [0.717, 1.165) is 25.9 Å². The van der Waals surface area contributed by atoms with Gasteiger partial charge in [-0.3, -0.25) is 9.69 Å². The van der Waals surface area contributed by atoms with Crippen molar-refractivity contribution in [2.45, 2.75) is 18.9 Å². The highest BCUT2D eigenvalue weighted by Crippen LogP contribution is 2.20. The molecule has 0 aliphatic carbocycles. The van der Waals surface area contributed by atoms with Gasteiger partial charge in [0.2, 0.25) is 0 Å². The molecule has 0 spiro atoms. The highest BCUT2D eigenvalue weighted by molar-refractivity contribution is 5.70. The zero-order valence-electron chi connectivity index (χ0n) is 9.05. The molecule has 2 rings (SSSR count). The summed E-state index contributed by atoms with van der Waals surface area (Å²) in [4.78, 5) is 12.6. The van der Waals surface area contributed by atoms with Crippen LogP contribution in [0.5, 0.6) is 0 Å². The Hall–Kier alpha value is -1.30. The average molecular weight is 226 g/mol. The van der Waals surface area contributed by atoms with Crippen LogP contribution in [-0.2, 0) is 0 Å². The lowest BCUT2D eigenvalue weighted by atomic mass is 10.1. The molecule has 0 radical (unpaired) electrons. The van der Waals surface area contributed by atoms with Crippen molar-refractivity contribution in [3.63, 3.8) is 0 Å². The van der Waals surface area contributed by atoms with Gasteiger partial charge < -0.3 is 0 Å². The number of hydrogen-bond donors (Lipinski definition) is 0. The zero-order valence-corrected chi connectivity index (χ0v) is 9.05. The van der Waals surface area contributed by atoms with Crippen LogP contribution in [0.25, 0.3) is 0 Å². The topological polar surface area (TPSA) is 51.0 Å². The molecule has 0 aromatic carbocycles. The minimum Gasteiger partial charge on any atom is -0.299 e. The van der Waals surface area contributed by atoms with Crippen molar-refractivity contribution >= 4 is 6.29 Å². The summed E-state index contributed by atoms with van der Waals surface area (Å²) in [7, 11) is 0. The van der Waals surface area contributed by atoms with Gasteiger partial charge in [-0.25, -0.2) is 9.07 Å². The molecule has 1 aliphatic rings. The second-order valence-electron chi connectivity index (χ2n) is 4.03. The lowest BCUT2D eigenvalue weighted by Gasteiger charge is -2.31. The molecule has 1 aromatic heterocycles. The summed E-state index contributed by atoms with van der Waals surface area (Å²) >= 11 is 0. The summed E-state index contributed by atoms with van der Waals surface area (Å²) in [5, 5.41) is 7.65. The number of aromatic nitrogens is 3. The largest absolute Gasteiger partial charge is 0.299 e. The molecule has 88 valence electrons. The van der Waals surface area contributed by atoms with Crippen molar-refractivity contribution in [3.05, 3.63) is 11.9 Å². The van der Waals surface area contributed by atoms with Gasteiger partial charge in [0, 0.05) is 13.1 Å². The minimum absolute atomic E-state index is 0.210. The Balaban J connectivity index is 2.00. The maximum atomic E-state index is 12.2. The van der Waals surface area contributed by atoms with E-state index in [1.165, 1.54) is 0 Å². The average Bonchev–Trinajstić information content (AvgIpc) is 2.78. The van der Waals surface area contributed by atoms with Gasteiger partial charge in [-0.05, 0) is 19.4 Å². The Morgan fingerprint density at radius 1 is 1.62 bits per heavy atom. The summed E-state index contributed by atoms with van der Waals surface area (Å²) in [6.45, 7) is 1.89. The van der Waals surface area contributed by atoms with E-state index in [1.807, 2.05) is 0 Å². The van der Waals surface area contributed by atoms with Gasteiger partial charge in [0.25, 0.3) is 0 Å². The molecule has 2 heterocycles. The monoisotopic (exact) mass is 226 g/mol. The fourth-order valence-electron chi connectivity index (χ4n) is 2.09. The van der Waals surface area contributed by atoms with Crippen molar-refractivity contribution < 1.29 is 9.18 Å². The van der Waals surface area contributed by atoms with Crippen LogP contribution >= 0.6 is 0 Å². The maximum absolute atomic E-state index is 12.2. The maximum Gasteiger partial charge on any atom is 0.171 e. The third-order valence-corrected chi connectivity index (χ3v) is 2.90. The van der Waals surface area contributed by atoms with Crippen LogP contribution < -0.4 is 0 Å². The molecular formula is C10H15FN4O. The molecule has 1 atom stereocenters. The number of rotatable bonds is 4. The predicted octanol–water partition coefficient (Wildman–Crippen LogP) is 0.697. The molecule has 1 fully saturated rings. The van der Waals surface area contributed by atoms with Gasteiger partial charge in [-0.1, -0.05) is 5.21 Å². The van der Waals surface area contributed by atoms with Crippen LogP contribution in [0.15, 0.2) is 6.20 Å². The fraction of sp³-hybridized carbons (Fsp3) is 0.700. The zero-order chi connectivity index (χ0) is 11.4. The number of aldehydes is 1. The Labute approximate surface area is 93.2 Å². The predicted molar refractivity (Wildman–Crippen MR) is 56.1 cm³/mol. The fourth-order valence-corrected chi connectivity index (χ4v) is 2.09. The Morgan fingerprint density at radius 3 is 3.19 bits per heavy atom. The summed E-state index contributed by atoms with van der Waals surface area (Å²) in [5.74, 6) is 0. The second kappa shape index (κ2) is 5.16. The first-order valence-electron chi connectivity index (χ1n) is 5.49. The first-order valence-corrected chi connectivity index (χ1v) is 5.49. The van der Waals surface area contributed by atoms with Crippen LogP contribution in [0.1, 0.15) is 29.4 Å². The molecule has 0 unspecified atom stereocenters. The third kappa shape index (κ3) is 2.44. The number of hydrogen-bond acceptors (Lipinski definition) is 4. The van der Waals surface area contributed by atoms with Crippen LogP contribution in [0.3, 0.4) is 0 Å². The third-order valence-electron chi connectivity index (χ3n) is 2.90.